The van der Waals surface area contributed by atoms with Crippen molar-refractivity contribution in [1.82, 2.24) is 0 Å². The Hall–Kier alpha value is -0.126. The highest BCUT2D eigenvalue weighted by molar-refractivity contribution is 6.87. The first kappa shape index (κ1) is 14.9. The van der Waals surface area contributed by atoms with Gasteiger partial charge in [-0.05, 0) is 32.2 Å². The van der Waals surface area contributed by atoms with Gasteiger partial charge >= 0.3 is 0 Å². The topological polar surface area (TPSA) is 9.23 Å². The largest absolute Gasteiger partial charge is 0.455 e. The highest BCUT2D eigenvalue weighted by Gasteiger charge is 2.44. The summed E-state index contributed by atoms with van der Waals surface area (Å²) >= 11 is 0. The van der Waals surface area contributed by atoms with Crippen LogP contribution in [0.4, 0.5) is 0 Å². The van der Waals surface area contributed by atoms with Crippen LogP contribution >= 0.6 is 0 Å². The second-order valence-corrected chi connectivity index (χ2v) is 15.1. The van der Waals surface area contributed by atoms with Crippen LogP contribution in [0.2, 0.25) is 37.3 Å². The molecule has 0 rings (SSSR count). The van der Waals surface area contributed by atoms with Gasteiger partial charge < -0.3 is 4.12 Å². The van der Waals surface area contributed by atoms with Gasteiger partial charge in [-0.15, -0.1) is 13.2 Å². The molecule has 0 aliphatic heterocycles. The van der Waals surface area contributed by atoms with Crippen molar-refractivity contribution < 1.29 is 4.12 Å². The summed E-state index contributed by atoms with van der Waals surface area (Å²) < 4.78 is 6.46. The first-order chi connectivity index (χ1) is 6.58. The molecular formula is C12H26OSi2. The molecule has 0 bridgehead atoms. The molecule has 1 atom stereocenters. The van der Waals surface area contributed by atoms with Gasteiger partial charge in [0.2, 0.25) is 0 Å². The van der Waals surface area contributed by atoms with Crippen LogP contribution in [-0.4, -0.2) is 16.6 Å². The van der Waals surface area contributed by atoms with E-state index in [1.54, 1.807) is 0 Å². The predicted octanol–water partition coefficient (Wildman–Crippen LogP) is 4.57. The molecule has 3 heteroatoms. The fraction of sp³-hybridized carbons (Fsp3) is 0.667. The van der Waals surface area contributed by atoms with E-state index in [2.05, 4.69) is 53.2 Å². The SMILES string of the molecule is C=CC[Si](C)(O[Si](C)(C)C)C(C)(C)C=C. The van der Waals surface area contributed by atoms with E-state index in [0.29, 0.717) is 0 Å². The van der Waals surface area contributed by atoms with Crippen LogP contribution in [0.5, 0.6) is 0 Å². The Balaban J connectivity index is 5.06. The van der Waals surface area contributed by atoms with Crippen molar-refractivity contribution in [1.29, 1.82) is 0 Å². The molecule has 0 N–H and O–H groups in total. The second kappa shape index (κ2) is 4.81. The number of hydrogen-bond acceptors (Lipinski definition) is 1. The average molecular weight is 243 g/mol. The Morgan fingerprint density at radius 2 is 1.60 bits per heavy atom. The highest BCUT2D eigenvalue weighted by Crippen LogP contribution is 2.42. The van der Waals surface area contributed by atoms with Crippen molar-refractivity contribution >= 4 is 16.6 Å². The van der Waals surface area contributed by atoms with E-state index in [1.807, 2.05) is 12.2 Å². The molecule has 88 valence electrons. The van der Waals surface area contributed by atoms with Crippen LogP contribution in [0.25, 0.3) is 0 Å². The van der Waals surface area contributed by atoms with Crippen LogP contribution < -0.4 is 0 Å². The minimum absolute atomic E-state index is 0.0987. The van der Waals surface area contributed by atoms with E-state index in [9.17, 15) is 0 Å². The standard InChI is InChI=1S/C12H26OSi2/c1-9-11-15(8,12(3,4)10-2)13-14(5,6)7/h9-10H,1-2,11H2,3-8H3. The van der Waals surface area contributed by atoms with Crippen molar-refractivity contribution in [2.45, 2.75) is 51.1 Å². The first-order valence-electron chi connectivity index (χ1n) is 5.53. The molecule has 0 aliphatic carbocycles. The van der Waals surface area contributed by atoms with Gasteiger partial charge in [0.15, 0.2) is 16.6 Å². The molecule has 0 aromatic carbocycles. The molecule has 0 aliphatic rings. The summed E-state index contributed by atoms with van der Waals surface area (Å²) in [5.41, 5.74) is 0. The number of rotatable bonds is 6. The summed E-state index contributed by atoms with van der Waals surface area (Å²) in [6.07, 6.45) is 4.04. The zero-order valence-electron chi connectivity index (χ0n) is 11.2. The lowest BCUT2D eigenvalue weighted by atomic mass is 10.2. The minimum Gasteiger partial charge on any atom is -0.455 e. The summed E-state index contributed by atoms with van der Waals surface area (Å²) in [5.74, 6) is 0. The third-order valence-electron chi connectivity index (χ3n) is 2.94. The zero-order valence-corrected chi connectivity index (χ0v) is 13.2. The Morgan fingerprint density at radius 3 is 1.87 bits per heavy atom. The van der Waals surface area contributed by atoms with E-state index in [1.165, 1.54) is 0 Å². The monoisotopic (exact) mass is 242 g/mol. The minimum atomic E-state index is -1.79. The molecule has 1 unspecified atom stereocenters. The lowest BCUT2D eigenvalue weighted by Crippen LogP contribution is -2.50. The molecule has 0 fully saturated rings. The lowest BCUT2D eigenvalue weighted by molar-refractivity contribution is 0.502. The number of allylic oxidation sites excluding steroid dienone is 2. The van der Waals surface area contributed by atoms with Gasteiger partial charge in [-0.2, -0.15) is 0 Å². The third-order valence-corrected chi connectivity index (χ3v) is 11.2. The van der Waals surface area contributed by atoms with E-state index < -0.39 is 16.6 Å². The zero-order chi connectivity index (χ0) is 12.3. The molecule has 1 nitrogen and oxygen atoms in total. The van der Waals surface area contributed by atoms with Crippen LogP contribution in [-0.2, 0) is 4.12 Å². The van der Waals surface area contributed by atoms with E-state index in [0.717, 1.165) is 6.04 Å². The lowest BCUT2D eigenvalue weighted by Gasteiger charge is -2.43. The molecule has 0 aromatic rings. The van der Waals surface area contributed by atoms with Crippen molar-refractivity contribution in [3.63, 3.8) is 0 Å². The smallest absolute Gasteiger partial charge is 0.189 e. The molecule has 0 aromatic heterocycles. The van der Waals surface area contributed by atoms with Crippen LogP contribution in [0, 0.1) is 0 Å². The molecule has 0 amide bonds. The highest BCUT2D eigenvalue weighted by atomic mass is 28.4. The van der Waals surface area contributed by atoms with Crippen LogP contribution in [0.1, 0.15) is 13.8 Å². The van der Waals surface area contributed by atoms with E-state index in [-0.39, 0.29) is 5.04 Å². The summed E-state index contributed by atoms with van der Waals surface area (Å²) in [4.78, 5) is 0. The van der Waals surface area contributed by atoms with Crippen molar-refractivity contribution in [2.24, 2.45) is 0 Å². The normalized spacial score (nSPS) is 16.9. The molecule has 0 saturated heterocycles. The molecule has 0 saturated carbocycles. The molecule has 15 heavy (non-hydrogen) atoms. The third kappa shape index (κ3) is 4.09. The van der Waals surface area contributed by atoms with Gasteiger partial charge in [-0.1, -0.05) is 26.0 Å². The average Bonchev–Trinajstić information content (AvgIpc) is 2.01. The van der Waals surface area contributed by atoms with Crippen molar-refractivity contribution in [3.8, 4) is 0 Å². The van der Waals surface area contributed by atoms with Crippen molar-refractivity contribution in [3.05, 3.63) is 25.3 Å². The van der Waals surface area contributed by atoms with Gasteiger partial charge in [0.1, 0.15) is 0 Å². The maximum atomic E-state index is 6.46. The first-order valence-corrected chi connectivity index (χ1v) is 11.5. The summed E-state index contributed by atoms with van der Waals surface area (Å²) in [5, 5.41) is 0.0987. The van der Waals surface area contributed by atoms with Crippen molar-refractivity contribution in [2.75, 3.05) is 0 Å². The van der Waals surface area contributed by atoms with Gasteiger partial charge in [0, 0.05) is 5.04 Å². The fourth-order valence-corrected chi connectivity index (χ4v) is 9.90. The summed E-state index contributed by atoms with van der Waals surface area (Å²) in [6.45, 7) is 21.3. The molecule has 0 spiro atoms. The Bertz CT molecular complexity index is 240. The van der Waals surface area contributed by atoms with Gasteiger partial charge in [-0.25, -0.2) is 0 Å². The summed E-state index contributed by atoms with van der Waals surface area (Å²) in [7, 11) is -3.28. The van der Waals surface area contributed by atoms with Gasteiger partial charge in [-0.3, -0.25) is 0 Å². The maximum absolute atomic E-state index is 6.46. The molecule has 0 heterocycles. The molecular weight excluding hydrogens is 216 g/mol. The van der Waals surface area contributed by atoms with Crippen LogP contribution in [0.3, 0.4) is 0 Å². The number of hydrogen-bond donors (Lipinski definition) is 0. The Kier molecular flexibility index (Phi) is 4.77. The second-order valence-electron chi connectivity index (χ2n) is 5.86. The maximum Gasteiger partial charge on any atom is 0.189 e. The quantitative estimate of drug-likeness (QED) is 0.490. The fourth-order valence-electron chi connectivity index (χ4n) is 1.60. The van der Waals surface area contributed by atoms with Crippen LogP contribution in [0.15, 0.2) is 25.3 Å². The predicted molar refractivity (Wildman–Crippen MR) is 75.3 cm³/mol. The summed E-state index contributed by atoms with van der Waals surface area (Å²) in [6, 6.07) is 0.996. The molecule has 0 radical (unpaired) electrons. The van der Waals surface area contributed by atoms with E-state index in [4.69, 9.17) is 4.12 Å². The van der Waals surface area contributed by atoms with Gasteiger partial charge in [0.05, 0.1) is 0 Å². The van der Waals surface area contributed by atoms with E-state index >= 15 is 0 Å². The Morgan fingerprint density at radius 1 is 1.13 bits per heavy atom. The van der Waals surface area contributed by atoms with Gasteiger partial charge in [0.25, 0.3) is 0 Å². The Labute approximate surface area is 97.5 Å².